The van der Waals surface area contributed by atoms with Crippen molar-refractivity contribution >= 4 is 23.2 Å². The van der Waals surface area contributed by atoms with Crippen LogP contribution in [0.4, 0.5) is 26.3 Å². The van der Waals surface area contributed by atoms with E-state index in [1.165, 1.54) is 0 Å². The fourth-order valence-electron chi connectivity index (χ4n) is 1.82. The summed E-state index contributed by atoms with van der Waals surface area (Å²) in [6, 6.07) is 4.76. The molecule has 2 aromatic carbocycles. The van der Waals surface area contributed by atoms with Gasteiger partial charge in [0.25, 0.3) is 0 Å². The van der Waals surface area contributed by atoms with Crippen molar-refractivity contribution in [2.24, 2.45) is 0 Å². The summed E-state index contributed by atoms with van der Waals surface area (Å²) in [5.74, 6) is 0. The van der Waals surface area contributed by atoms with Gasteiger partial charge < -0.3 is 0 Å². The van der Waals surface area contributed by atoms with Gasteiger partial charge >= 0.3 is 12.4 Å². The first-order valence-corrected chi connectivity index (χ1v) is 6.49. The van der Waals surface area contributed by atoms with Crippen LogP contribution in [0.25, 0.3) is 11.1 Å². The summed E-state index contributed by atoms with van der Waals surface area (Å²) >= 11 is 11.6. The fourth-order valence-corrected chi connectivity index (χ4v) is 2.25. The quantitative estimate of drug-likeness (QED) is 0.497. The molecular weight excluding hydrogens is 353 g/mol. The van der Waals surface area contributed by atoms with Crippen molar-refractivity contribution in [3.05, 3.63) is 57.6 Å². The van der Waals surface area contributed by atoms with Gasteiger partial charge in [-0.05, 0) is 36.4 Å². The molecule has 0 fully saturated rings. The SMILES string of the molecule is FC(F)(F)c1ccc(Cl)c(-c2cc(C(F)(F)F)ccc2Cl)c1. The van der Waals surface area contributed by atoms with Crippen molar-refractivity contribution in [2.45, 2.75) is 12.4 Å². The summed E-state index contributed by atoms with van der Waals surface area (Å²) in [5, 5.41) is -0.261. The molecule has 0 spiro atoms. The molecule has 0 radical (unpaired) electrons. The summed E-state index contributed by atoms with van der Waals surface area (Å²) in [5.41, 5.74) is -2.49. The molecule has 0 aliphatic heterocycles. The van der Waals surface area contributed by atoms with E-state index < -0.39 is 23.5 Å². The van der Waals surface area contributed by atoms with Gasteiger partial charge in [0.15, 0.2) is 0 Å². The van der Waals surface area contributed by atoms with E-state index in [4.69, 9.17) is 23.2 Å². The van der Waals surface area contributed by atoms with Gasteiger partial charge in [-0.1, -0.05) is 23.2 Å². The monoisotopic (exact) mass is 358 g/mol. The van der Waals surface area contributed by atoms with E-state index in [0.717, 1.165) is 24.3 Å². The van der Waals surface area contributed by atoms with Crippen LogP contribution in [-0.2, 0) is 12.4 Å². The van der Waals surface area contributed by atoms with Gasteiger partial charge in [0.1, 0.15) is 0 Å². The van der Waals surface area contributed by atoms with Crippen molar-refractivity contribution in [2.75, 3.05) is 0 Å². The minimum absolute atomic E-state index is 0.130. The van der Waals surface area contributed by atoms with E-state index >= 15 is 0 Å². The molecule has 0 heterocycles. The summed E-state index contributed by atoms with van der Waals surface area (Å²) < 4.78 is 76.4. The van der Waals surface area contributed by atoms with E-state index in [-0.39, 0.29) is 21.2 Å². The minimum Gasteiger partial charge on any atom is -0.166 e. The maximum absolute atomic E-state index is 12.7. The maximum atomic E-state index is 12.7. The van der Waals surface area contributed by atoms with E-state index in [1.807, 2.05) is 0 Å². The predicted octanol–water partition coefficient (Wildman–Crippen LogP) is 6.70. The van der Waals surface area contributed by atoms with Crippen LogP contribution in [0.1, 0.15) is 11.1 Å². The summed E-state index contributed by atoms with van der Waals surface area (Å²) in [6.45, 7) is 0. The molecule has 0 aliphatic carbocycles. The largest absolute Gasteiger partial charge is 0.416 e. The standard InChI is InChI=1S/C14H6Cl2F6/c15-11-3-1-7(13(17,18)19)5-9(11)10-6-8(14(20,21)22)2-4-12(10)16/h1-6H. The Balaban J connectivity index is 2.66. The van der Waals surface area contributed by atoms with Crippen LogP contribution in [0.3, 0.4) is 0 Å². The summed E-state index contributed by atoms with van der Waals surface area (Å²) in [4.78, 5) is 0. The first-order valence-electron chi connectivity index (χ1n) is 5.74. The summed E-state index contributed by atoms with van der Waals surface area (Å²) in [7, 11) is 0. The zero-order valence-electron chi connectivity index (χ0n) is 10.5. The minimum atomic E-state index is -4.65. The van der Waals surface area contributed by atoms with Gasteiger partial charge in [-0.2, -0.15) is 26.3 Å². The Morgan fingerprint density at radius 2 is 0.909 bits per heavy atom. The highest BCUT2D eigenvalue weighted by molar-refractivity contribution is 6.36. The number of hydrogen-bond acceptors (Lipinski definition) is 0. The zero-order chi connectivity index (χ0) is 16.7. The van der Waals surface area contributed by atoms with Crippen LogP contribution in [0.2, 0.25) is 10.0 Å². The van der Waals surface area contributed by atoms with Gasteiger partial charge in [-0.15, -0.1) is 0 Å². The van der Waals surface area contributed by atoms with Crippen molar-refractivity contribution in [1.29, 1.82) is 0 Å². The predicted molar refractivity (Wildman–Crippen MR) is 71.9 cm³/mol. The topological polar surface area (TPSA) is 0 Å². The lowest BCUT2D eigenvalue weighted by atomic mass is 10.0. The lowest BCUT2D eigenvalue weighted by Gasteiger charge is -2.14. The molecule has 2 rings (SSSR count). The van der Waals surface area contributed by atoms with Gasteiger partial charge in [-0.25, -0.2) is 0 Å². The Hall–Kier alpha value is -1.40. The lowest BCUT2D eigenvalue weighted by molar-refractivity contribution is -0.138. The molecule has 0 bridgehead atoms. The van der Waals surface area contributed by atoms with Crippen LogP contribution in [0.5, 0.6) is 0 Å². The third kappa shape index (κ3) is 3.50. The molecule has 8 heteroatoms. The van der Waals surface area contributed by atoms with E-state index in [1.54, 1.807) is 0 Å². The molecule has 0 aromatic heterocycles. The molecule has 2 aromatic rings. The Labute approximate surface area is 131 Å². The highest BCUT2D eigenvalue weighted by Crippen LogP contribution is 2.40. The number of alkyl halides is 6. The molecule has 0 saturated carbocycles. The Morgan fingerprint density at radius 1 is 0.591 bits per heavy atom. The molecule has 0 amide bonds. The second kappa shape index (κ2) is 5.66. The number of hydrogen-bond donors (Lipinski definition) is 0. The Kier molecular flexibility index (Phi) is 4.37. The summed E-state index contributed by atoms with van der Waals surface area (Å²) in [6.07, 6.45) is -9.29. The number of rotatable bonds is 1. The fraction of sp³-hybridized carbons (Fsp3) is 0.143. The Morgan fingerprint density at radius 3 is 1.18 bits per heavy atom. The van der Waals surface area contributed by atoms with Crippen LogP contribution < -0.4 is 0 Å². The van der Waals surface area contributed by atoms with Gasteiger partial charge in [0, 0.05) is 21.2 Å². The van der Waals surface area contributed by atoms with Crippen LogP contribution >= 0.6 is 23.2 Å². The first-order chi connectivity index (χ1) is 10.00. The molecule has 22 heavy (non-hydrogen) atoms. The molecule has 0 atom stereocenters. The average Bonchev–Trinajstić information content (AvgIpc) is 2.37. The van der Waals surface area contributed by atoms with Gasteiger partial charge in [0.2, 0.25) is 0 Å². The smallest absolute Gasteiger partial charge is 0.166 e. The molecule has 0 aliphatic rings. The molecule has 0 saturated heterocycles. The normalized spacial score (nSPS) is 12.5. The average molecular weight is 359 g/mol. The van der Waals surface area contributed by atoms with Crippen molar-refractivity contribution in [3.63, 3.8) is 0 Å². The third-order valence-corrected chi connectivity index (χ3v) is 3.54. The van der Waals surface area contributed by atoms with Crippen LogP contribution in [0, 0.1) is 0 Å². The van der Waals surface area contributed by atoms with Crippen LogP contribution in [0.15, 0.2) is 36.4 Å². The molecule has 118 valence electrons. The van der Waals surface area contributed by atoms with E-state index in [9.17, 15) is 26.3 Å². The highest BCUT2D eigenvalue weighted by Gasteiger charge is 2.33. The van der Waals surface area contributed by atoms with Crippen molar-refractivity contribution < 1.29 is 26.3 Å². The second-order valence-corrected chi connectivity index (χ2v) is 5.20. The number of benzene rings is 2. The number of halogens is 8. The maximum Gasteiger partial charge on any atom is 0.416 e. The molecule has 0 nitrogen and oxygen atoms in total. The highest BCUT2D eigenvalue weighted by atomic mass is 35.5. The van der Waals surface area contributed by atoms with E-state index in [2.05, 4.69) is 0 Å². The second-order valence-electron chi connectivity index (χ2n) is 4.38. The first kappa shape index (κ1) is 17.0. The van der Waals surface area contributed by atoms with Crippen LogP contribution in [-0.4, -0.2) is 0 Å². The molecular formula is C14H6Cl2F6. The molecule has 0 unspecified atom stereocenters. The van der Waals surface area contributed by atoms with Crippen molar-refractivity contribution in [1.82, 2.24) is 0 Å². The third-order valence-electron chi connectivity index (χ3n) is 2.88. The zero-order valence-corrected chi connectivity index (χ0v) is 12.0. The van der Waals surface area contributed by atoms with E-state index in [0.29, 0.717) is 12.1 Å². The Bertz CT molecular complexity index is 642. The lowest BCUT2D eigenvalue weighted by Crippen LogP contribution is -2.06. The van der Waals surface area contributed by atoms with Crippen molar-refractivity contribution in [3.8, 4) is 11.1 Å². The molecule has 0 N–H and O–H groups in total. The van der Waals surface area contributed by atoms with Gasteiger partial charge in [-0.3, -0.25) is 0 Å². The van der Waals surface area contributed by atoms with Gasteiger partial charge in [0.05, 0.1) is 11.1 Å².